The molecule has 0 heterocycles. The van der Waals surface area contributed by atoms with E-state index in [1.165, 1.54) is 12.8 Å². The molecule has 1 aliphatic rings. The van der Waals surface area contributed by atoms with E-state index in [2.05, 4.69) is 18.2 Å². The largest absolute Gasteiger partial charge is 0.463 e. The molecule has 1 saturated carbocycles. The lowest BCUT2D eigenvalue weighted by molar-refractivity contribution is -0.138. The van der Waals surface area contributed by atoms with Gasteiger partial charge in [0, 0.05) is 23.4 Å². The lowest BCUT2D eigenvalue weighted by Gasteiger charge is -2.13. The summed E-state index contributed by atoms with van der Waals surface area (Å²) in [6.07, 6.45) is 4.68. The molecule has 0 radical (unpaired) electrons. The first kappa shape index (κ1) is 12.6. The SMILES string of the molecule is C=C(CNCC1(SC)CC1)C(=O)OCC. The number of nitrogens with one attached hydrogen (secondary N) is 1. The molecule has 1 rings (SSSR count). The third kappa shape index (κ3) is 3.87. The fraction of sp³-hybridized carbons (Fsp3) is 0.727. The minimum Gasteiger partial charge on any atom is -0.463 e. The van der Waals surface area contributed by atoms with E-state index >= 15 is 0 Å². The third-order valence-corrected chi connectivity index (χ3v) is 4.01. The van der Waals surface area contributed by atoms with E-state index in [4.69, 9.17) is 4.74 Å². The zero-order chi connectivity index (χ0) is 11.3. The molecule has 3 nitrogen and oxygen atoms in total. The first-order valence-corrected chi connectivity index (χ1v) is 6.47. The topological polar surface area (TPSA) is 38.3 Å². The molecule has 1 fully saturated rings. The van der Waals surface area contributed by atoms with E-state index in [1.807, 2.05) is 11.8 Å². The lowest BCUT2D eigenvalue weighted by atomic mass is 10.3. The van der Waals surface area contributed by atoms with E-state index < -0.39 is 0 Å². The Kier molecular flexibility index (Phi) is 4.67. The van der Waals surface area contributed by atoms with Crippen LogP contribution in [0, 0.1) is 0 Å². The Balaban J connectivity index is 2.14. The molecule has 0 amide bonds. The van der Waals surface area contributed by atoms with Gasteiger partial charge in [0.15, 0.2) is 0 Å². The Bertz CT molecular complexity index is 249. The highest BCUT2D eigenvalue weighted by Gasteiger charge is 2.41. The number of carbonyl (C=O) groups excluding carboxylic acids is 1. The highest BCUT2D eigenvalue weighted by Crippen LogP contribution is 2.46. The number of ether oxygens (including phenoxy) is 1. The van der Waals surface area contributed by atoms with Crippen LogP contribution in [0.5, 0.6) is 0 Å². The first-order chi connectivity index (χ1) is 7.13. The summed E-state index contributed by atoms with van der Waals surface area (Å²) in [6.45, 7) is 7.38. The lowest BCUT2D eigenvalue weighted by Crippen LogP contribution is -2.29. The summed E-state index contributed by atoms with van der Waals surface area (Å²) < 4.78 is 5.27. The normalized spacial score (nSPS) is 17.2. The molecular formula is C11H19NO2S. The number of thioether (sulfide) groups is 1. The molecule has 0 bridgehead atoms. The molecule has 15 heavy (non-hydrogen) atoms. The van der Waals surface area contributed by atoms with Gasteiger partial charge in [-0.1, -0.05) is 6.58 Å². The van der Waals surface area contributed by atoms with Gasteiger partial charge in [-0.25, -0.2) is 4.79 Å². The molecule has 1 aliphatic carbocycles. The fourth-order valence-electron chi connectivity index (χ4n) is 1.34. The van der Waals surface area contributed by atoms with E-state index in [0.717, 1.165) is 6.54 Å². The number of hydrogen-bond donors (Lipinski definition) is 1. The molecule has 0 saturated heterocycles. The van der Waals surface area contributed by atoms with Crippen molar-refractivity contribution in [1.29, 1.82) is 0 Å². The van der Waals surface area contributed by atoms with Crippen LogP contribution in [0.1, 0.15) is 19.8 Å². The molecule has 86 valence electrons. The van der Waals surface area contributed by atoms with Gasteiger partial charge in [0.25, 0.3) is 0 Å². The Morgan fingerprint density at radius 2 is 2.27 bits per heavy atom. The summed E-state index contributed by atoms with van der Waals surface area (Å²) in [5.74, 6) is -0.293. The monoisotopic (exact) mass is 229 g/mol. The van der Waals surface area contributed by atoms with Crippen LogP contribution >= 0.6 is 11.8 Å². The zero-order valence-corrected chi connectivity index (χ0v) is 10.3. The highest BCUT2D eigenvalue weighted by molar-refractivity contribution is 8.00. The van der Waals surface area contributed by atoms with E-state index in [1.54, 1.807) is 6.92 Å². The quantitative estimate of drug-likeness (QED) is 0.531. The summed E-state index contributed by atoms with van der Waals surface area (Å²) in [6, 6.07) is 0. The zero-order valence-electron chi connectivity index (χ0n) is 9.47. The summed E-state index contributed by atoms with van der Waals surface area (Å²) in [5.41, 5.74) is 0.508. The van der Waals surface area contributed by atoms with E-state index in [9.17, 15) is 4.79 Å². The van der Waals surface area contributed by atoms with E-state index in [0.29, 0.717) is 23.5 Å². The van der Waals surface area contributed by atoms with Gasteiger partial charge in [0.05, 0.1) is 6.61 Å². The van der Waals surface area contributed by atoms with Gasteiger partial charge in [-0.2, -0.15) is 11.8 Å². The minimum atomic E-state index is -0.293. The number of carbonyl (C=O) groups is 1. The summed E-state index contributed by atoms with van der Waals surface area (Å²) in [5, 5.41) is 3.26. The van der Waals surface area contributed by atoms with Crippen molar-refractivity contribution in [3.05, 3.63) is 12.2 Å². The number of rotatable bonds is 7. The number of esters is 1. The average Bonchev–Trinajstić information content (AvgIpc) is 2.99. The Labute approximate surface area is 95.6 Å². The molecule has 4 heteroatoms. The van der Waals surface area contributed by atoms with E-state index in [-0.39, 0.29) is 5.97 Å². The molecule has 0 aliphatic heterocycles. The molecule has 0 aromatic carbocycles. The molecular weight excluding hydrogens is 210 g/mol. The maximum absolute atomic E-state index is 11.2. The van der Waals surface area contributed by atoms with Crippen LogP contribution < -0.4 is 5.32 Å². The van der Waals surface area contributed by atoms with Crippen molar-refractivity contribution in [3.8, 4) is 0 Å². The van der Waals surface area contributed by atoms with Gasteiger partial charge >= 0.3 is 5.97 Å². The first-order valence-electron chi connectivity index (χ1n) is 5.24. The Morgan fingerprint density at radius 1 is 1.60 bits per heavy atom. The Hall–Kier alpha value is -0.480. The van der Waals surface area contributed by atoms with Gasteiger partial charge in [-0.3, -0.25) is 0 Å². The molecule has 0 atom stereocenters. The highest BCUT2D eigenvalue weighted by atomic mass is 32.2. The third-order valence-electron chi connectivity index (χ3n) is 2.59. The van der Waals surface area contributed by atoms with Crippen LogP contribution in [-0.4, -0.2) is 36.7 Å². The average molecular weight is 229 g/mol. The molecule has 0 spiro atoms. The maximum atomic E-state index is 11.2. The van der Waals surface area contributed by atoms with Crippen molar-refractivity contribution < 1.29 is 9.53 Å². The van der Waals surface area contributed by atoms with Crippen molar-refractivity contribution in [1.82, 2.24) is 5.32 Å². The van der Waals surface area contributed by atoms with Crippen LogP contribution in [-0.2, 0) is 9.53 Å². The van der Waals surface area contributed by atoms with Crippen molar-refractivity contribution in [2.24, 2.45) is 0 Å². The smallest absolute Gasteiger partial charge is 0.334 e. The molecule has 0 unspecified atom stereocenters. The van der Waals surface area contributed by atoms with Crippen molar-refractivity contribution in [2.45, 2.75) is 24.5 Å². The standard InChI is InChI=1S/C11H19NO2S/c1-4-14-10(13)9(2)7-12-8-11(15-3)5-6-11/h12H,2,4-8H2,1,3H3. The van der Waals surface area contributed by atoms with Gasteiger partial charge in [-0.15, -0.1) is 0 Å². The van der Waals surface area contributed by atoms with Gasteiger partial charge in [-0.05, 0) is 26.0 Å². The van der Waals surface area contributed by atoms with Crippen molar-refractivity contribution in [3.63, 3.8) is 0 Å². The second-order valence-electron chi connectivity index (χ2n) is 3.81. The number of hydrogen-bond acceptors (Lipinski definition) is 4. The van der Waals surface area contributed by atoms with Crippen LogP contribution in [0.3, 0.4) is 0 Å². The van der Waals surface area contributed by atoms with Crippen LogP contribution in [0.25, 0.3) is 0 Å². The molecule has 0 aromatic rings. The van der Waals surface area contributed by atoms with Crippen LogP contribution in [0.2, 0.25) is 0 Å². The van der Waals surface area contributed by atoms with Gasteiger partial charge < -0.3 is 10.1 Å². The van der Waals surface area contributed by atoms with Crippen LogP contribution in [0.15, 0.2) is 12.2 Å². The summed E-state index contributed by atoms with van der Waals surface area (Å²) in [4.78, 5) is 11.2. The van der Waals surface area contributed by atoms with Crippen LogP contribution in [0.4, 0.5) is 0 Å². The van der Waals surface area contributed by atoms with Crippen molar-refractivity contribution in [2.75, 3.05) is 26.0 Å². The predicted molar refractivity (Wildman–Crippen MR) is 64.1 cm³/mol. The van der Waals surface area contributed by atoms with Crippen molar-refractivity contribution >= 4 is 17.7 Å². The molecule has 0 aromatic heterocycles. The van der Waals surface area contributed by atoms with Gasteiger partial charge in [0.2, 0.25) is 0 Å². The molecule has 1 N–H and O–H groups in total. The second-order valence-corrected chi connectivity index (χ2v) is 5.09. The minimum absolute atomic E-state index is 0.293. The second kappa shape index (κ2) is 5.56. The fourth-order valence-corrected chi connectivity index (χ4v) is 2.10. The summed E-state index contributed by atoms with van der Waals surface area (Å²) in [7, 11) is 0. The predicted octanol–water partition coefficient (Wildman–Crippen LogP) is 1.59. The summed E-state index contributed by atoms with van der Waals surface area (Å²) >= 11 is 1.90. The Morgan fingerprint density at radius 3 is 2.73 bits per heavy atom. The maximum Gasteiger partial charge on any atom is 0.334 e. The van der Waals surface area contributed by atoms with Gasteiger partial charge in [0.1, 0.15) is 0 Å².